The lowest BCUT2D eigenvalue weighted by Crippen LogP contribution is -2.17. The van der Waals surface area contributed by atoms with Crippen LogP contribution in [-0.2, 0) is 10.0 Å². The monoisotopic (exact) mass is 464 g/mol. The number of nitrogens with zero attached hydrogens (tertiary/aromatic N) is 2. The topological polar surface area (TPSA) is 84.0 Å². The molecule has 0 saturated carbocycles. The Morgan fingerprint density at radius 3 is 2.18 bits per heavy atom. The Morgan fingerprint density at radius 1 is 0.939 bits per heavy atom. The van der Waals surface area contributed by atoms with Crippen LogP contribution in [0.4, 0.5) is 21.7 Å². The molecule has 170 valence electrons. The summed E-state index contributed by atoms with van der Waals surface area (Å²) in [6.07, 6.45) is 1.04. The largest absolute Gasteiger partial charge is 0.337 e. The fourth-order valence-corrected chi connectivity index (χ4v) is 4.76. The first kappa shape index (κ1) is 22.7. The first-order valence-corrected chi connectivity index (χ1v) is 12.2. The number of hydrogen-bond acceptors (Lipinski definition) is 5. The van der Waals surface area contributed by atoms with Gasteiger partial charge < -0.3 is 5.32 Å². The van der Waals surface area contributed by atoms with E-state index in [1.165, 1.54) is 17.7 Å². The summed E-state index contributed by atoms with van der Waals surface area (Å²) in [5, 5.41) is 3.19. The summed E-state index contributed by atoms with van der Waals surface area (Å²) in [5.41, 5.74) is 3.44. The molecule has 6 nitrogen and oxygen atoms in total. The highest BCUT2D eigenvalue weighted by molar-refractivity contribution is 7.92. The van der Waals surface area contributed by atoms with E-state index in [2.05, 4.69) is 33.9 Å². The summed E-state index contributed by atoms with van der Waals surface area (Å²) in [7, 11) is -4.02. The summed E-state index contributed by atoms with van der Waals surface area (Å²) in [6.45, 7) is 5.85. The first-order valence-electron chi connectivity index (χ1n) is 10.7. The molecule has 1 heterocycles. The van der Waals surface area contributed by atoms with Gasteiger partial charge in [-0.05, 0) is 72.9 Å². The van der Waals surface area contributed by atoms with Gasteiger partial charge in [-0.1, -0.05) is 38.1 Å². The summed E-state index contributed by atoms with van der Waals surface area (Å²) in [6, 6.07) is 18.7. The van der Waals surface area contributed by atoms with Crippen LogP contribution >= 0.6 is 0 Å². The van der Waals surface area contributed by atoms with Gasteiger partial charge in [0.1, 0.15) is 5.82 Å². The maximum absolute atomic E-state index is 13.5. The Morgan fingerprint density at radius 2 is 1.58 bits per heavy atom. The van der Waals surface area contributed by atoms with Crippen molar-refractivity contribution in [1.82, 2.24) is 9.97 Å². The number of aromatic nitrogens is 2. The van der Waals surface area contributed by atoms with Crippen molar-refractivity contribution in [2.24, 2.45) is 0 Å². The van der Waals surface area contributed by atoms with Crippen LogP contribution in [0.2, 0.25) is 0 Å². The number of fused-ring (bicyclic) bond motifs is 1. The van der Waals surface area contributed by atoms with Crippen LogP contribution < -0.4 is 10.0 Å². The second-order valence-electron chi connectivity index (χ2n) is 7.98. The molecule has 0 bridgehead atoms. The molecule has 8 heteroatoms. The van der Waals surface area contributed by atoms with Crippen LogP contribution in [0, 0.1) is 12.7 Å². The number of rotatable bonds is 7. The van der Waals surface area contributed by atoms with E-state index >= 15 is 0 Å². The Kier molecular flexibility index (Phi) is 6.29. The van der Waals surface area contributed by atoms with Crippen molar-refractivity contribution in [2.75, 3.05) is 10.0 Å². The lowest BCUT2D eigenvalue weighted by Gasteiger charge is -2.15. The molecule has 0 aliphatic carbocycles. The molecule has 1 atom stereocenters. The van der Waals surface area contributed by atoms with E-state index in [1.807, 2.05) is 36.4 Å². The molecule has 0 saturated heterocycles. The summed E-state index contributed by atoms with van der Waals surface area (Å²) in [5.74, 6) is 0.276. The van der Waals surface area contributed by atoms with Gasteiger partial charge in [0.15, 0.2) is 11.6 Å². The van der Waals surface area contributed by atoms with Gasteiger partial charge in [0.25, 0.3) is 10.0 Å². The van der Waals surface area contributed by atoms with Crippen molar-refractivity contribution in [3.05, 3.63) is 83.7 Å². The van der Waals surface area contributed by atoms with Crippen molar-refractivity contribution < 1.29 is 12.8 Å². The molecule has 33 heavy (non-hydrogen) atoms. The Hall–Kier alpha value is -3.52. The highest BCUT2D eigenvalue weighted by Crippen LogP contribution is 2.29. The van der Waals surface area contributed by atoms with Gasteiger partial charge in [-0.15, -0.1) is 0 Å². The van der Waals surface area contributed by atoms with Crippen LogP contribution in [0.1, 0.15) is 37.3 Å². The fraction of sp³-hybridized carbons (Fsp3) is 0.200. The lowest BCUT2D eigenvalue weighted by atomic mass is 9.99. The predicted molar refractivity (Wildman–Crippen MR) is 130 cm³/mol. The Bertz CT molecular complexity index is 1410. The number of nitrogens with one attached hydrogen (secondary N) is 2. The van der Waals surface area contributed by atoms with Crippen molar-refractivity contribution >= 4 is 38.4 Å². The number of halogens is 1. The number of anilines is 3. The van der Waals surface area contributed by atoms with E-state index in [4.69, 9.17) is 0 Å². The van der Waals surface area contributed by atoms with Gasteiger partial charge in [0.05, 0.1) is 15.9 Å². The fourth-order valence-electron chi connectivity index (χ4n) is 3.52. The molecular weight excluding hydrogens is 439 g/mol. The summed E-state index contributed by atoms with van der Waals surface area (Å²) < 4.78 is 42.2. The number of aryl methyl sites for hydroxylation is 1. The number of para-hydroxylation sites is 2. The smallest absolute Gasteiger partial charge is 0.263 e. The third kappa shape index (κ3) is 4.96. The Labute approximate surface area is 193 Å². The van der Waals surface area contributed by atoms with Gasteiger partial charge >= 0.3 is 0 Å². The summed E-state index contributed by atoms with van der Waals surface area (Å²) >= 11 is 0. The highest BCUT2D eigenvalue weighted by atomic mass is 32.2. The van der Waals surface area contributed by atoms with Crippen LogP contribution in [0.5, 0.6) is 0 Å². The van der Waals surface area contributed by atoms with E-state index in [0.29, 0.717) is 22.5 Å². The zero-order valence-corrected chi connectivity index (χ0v) is 19.4. The molecule has 4 aromatic rings. The molecule has 1 aromatic heterocycles. The van der Waals surface area contributed by atoms with E-state index in [-0.39, 0.29) is 16.5 Å². The second kappa shape index (κ2) is 9.15. The number of benzene rings is 3. The molecule has 0 aliphatic rings. The SMILES string of the molecule is CC[C@H](C)c1ccc(Nc2nc3ccccc3nc2NS(=O)(=O)c2ccc(F)cc2C)cc1. The average molecular weight is 465 g/mol. The highest BCUT2D eigenvalue weighted by Gasteiger charge is 2.21. The first-order chi connectivity index (χ1) is 15.8. The third-order valence-electron chi connectivity index (χ3n) is 5.58. The van der Waals surface area contributed by atoms with Crippen LogP contribution in [0.15, 0.2) is 71.6 Å². The standard InChI is InChI=1S/C25H25FN4O2S/c1-4-16(2)18-9-12-20(13-10-18)27-24-25(29-22-8-6-5-7-21(22)28-24)30-33(31,32)23-14-11-19(26)15-17(23)3/h5-16H,4H2,1-3H3,(H,27,28)(H,29,30)/t16-/m0/s1. The zero-order valence-electron chi connectivity index (χ0n) is 18.6. The average Bonchev–Trinajstić information content (AvgIpc) is 2.79. The maximum atomic E-state index is 13.5. The van der Waals surface area contributed by atoms with E-state index in [9.17, 15) is 12.8 Å². The van der Waals surface area contributed by atoms with Gasteiger partial charge in [-0.2, -0.15) is 0 Å². The van der Waals surface area contributed by atoms with Gasteiger partial charge in [0, 0.05) is 5.69 Å². The zero-order chi connectivity index (χ0) is 23.6. The van der Waals surface area contributed by atoms with Gasteiger partial charge in [0.2, 0.25) is 0 Å². The Balaban J connectivity index is 1.73. The maximum Gasteiger partial charge on any atom is 0.263 e. The van der Waals surface area contributed by atoms with Crippen molar-refractivity contribution in [1.29, 1.82) is 0 Å². The number of hydrogen-bond donors (Lipinski definition) is 2. The van der Waals surface area contributed by atoms with Crippen LogP contribution in [0.25, 0.3) is 11.0 Å². The normalized spacial score (nSPS) is 12.5. The molecule has 0 radical (unpaired) electrons. The minimum absolute atomic E-state index is 0.0253. The van der Waals surface area contributed by atoms with Crippen molar-refractivity contribution in [3.63, 3.8) is 0 Å². The van der Waals surface area contributed by atoms with E-state index in [1.54, 1.807) is 19.1 Å². The van der Waals surface area contributed by atoms with Crippen molar-refractivity contribution in [2.45, 2.75) is 38.0 Å². The van der Waals surface area contributed by atoms with E-state index in [0.717, 1.165) is 18.2 Å². The second-order valence-corrected chi connectivity index (χ2v) is 9.63. The summed E-state index contributed by atoms with van der Waals surface area (Å²) in [4.78, 5) is 9.07. The van der Waals surface area contributed by atoms with Gasteiger partial charge in [-0.3, -0.25) is 4.72 Å². The quantitative estimate of drug-likeness (QED) is 0.343. The number of sulfonamides is 1. The molecule has 0 spiro atoms. The molecule has 0 amide bonds. The molecule has 0 unspecified atom stereocenters. The molecule has 0 fully saturated rings. The van der Waals surface area contributed by atoms with Gasteiger partial charge in [-0.25, -0.2) is 22.8 Å². The predicted octanol–water partition coefficient (Wildman–Crippen LogP) is 6.14. The molecule has 2 N–H and O–H groups in total. The van der Waals surface area contributed by atoms with Crippen LogP contribution in [-0.4, -0.2) is 18.4 Å². The minimum Gasteiger partial charge on any atom is -0.337 e. The molecule has 0 aliphatic heterocycles. The van der Waals surface area contributed by atoms with Crippen LogP contribution in [0.3, 0.4) is 0 Å². The lowest BCUT2D eigenvalue weighted by molar-refractivity contribution is 0.598. The molecule has 3 aromatic carbocycles. The van der Waals surface area contributed by atoms with Crippen molar-refractivity contribution in [3.8, 4) is 0 Å². The minimum atomic E-state index is -4.02. The third-order valence-corrected chi connectivity index (χ3v) is 7.08. The molecule has 4 rings (SSSR count). The van der Waals surface area contributed by atoms with E-state index < -0.39 is 15.8 Å². The molecular formula is C25H25FN4O2S.